The molecule has 0 aromatic heterocycles. The first-order chi connectivity index (χ1) is 13.1. The Kier molecular flexibility index (Phi) is 4.52. The molecule has 2 aromatic carbocycles. The summed E-state index contributed by atoms with van der Waals surface area (Å²) >= 11 is 0. The quantitative estimate of drug-likeness (QED) is 0.795. The number of anilines is 1. The lowest BCUT2D eigenvalue weighted by Gasteiger charge is -2.27. The number of carbonyl (C=O) groups excluding carboxylic acids is 2. The van der Waals surface area contributed by atoms with Gasteiger partial charge in [-0.15, -0.1) is 0 Å². The zero-order chi connectivity index (χ0) is 19.0. The molecule has 5 nitrogen and oxygen atoms in total. The van der Waals surface area contributed by atoms with Crippen LogP contribution < -0.4 is 5.32 Å². The third-order valence-electron chi connectivity index (χ3n) is 5.97. The molecule has 2 aromatic rings. The maximum Gasteiger partial charge on any atom is 0.307 e. The molecule has 2 saturated carbocycles. The normalized spacial score (nSPS) is 25.9. The molecular weight excluding hydrogens is 342 g/mol. The number of rotatable bonds is 5. The van der Waals surface area contributed by atoms with E-state index < -0.39 is 17.8 Å². The first-order valence-corrected chi connectivity index (χ1v) is 9.28. The van der Waals surface area contributed by atoms with Gasteiger partial charge in [-0.25, -0.2) is 0 Å². The molecule has 5 heteroatoms. The summed E-state index contributed by atoms with van der Waals surface area (Å²) in [6.07, 6.45) is 2.59. The molecule has 0 aliphatic heterocycles. The van der Waals surface area contributed by atoms with Crippen molar-refractivity contribution in [1.29, 1.82) is 0 Å². The van der Waals surface area contributed by atoms with Crippen molar-refractivity contribution in [2.24, 2.45) is 23.7 Å². The van der Waals surface area contributed by atoms with E-state index in [1.807, 2.05) is 6.07 Å². The molecule has 1 amide bonds. The van der Waals surface area contributed by atoms with Gasteiger partial charge in [0.2, 0.25) is 5.91 Å². The van der Waals surface area contributed by atoms with Gasteiger partial charge in [0.15, 0.2) is 5.78 Å². The van der Waals surface area contributed by atoms with Crippen LogP contribution in [0.3, 0.4) is 0 Å². The van der Waals surface area contributed by atoms with Crippen molar-refractivity contribution in [3.05, 3.63) is 65.7 Å². The maximum absolute atomic E-state index is 12.9. The van der Waals surface area contributed by atoms with Crippen LogP contribution in [0, 0.1) is 23.7 Å². The van der Waals surface area contributed by atoms with Gasteiger partial charge >= 0.3 is 5.97 Å². The second-order valence-corrected chi connectivity index (χ2v) is 7.45. The SMILES string of the molecule is O=C(c1ccccc1)c1ccccc1NC(=O)[C@H]1[C@H]2CC[C@@H](C2)[C@H]1C(=O)O. The van der Waals surface area contributed by atoms with Crippen LogP contribution in [-0.2, 0) is 9.59 Å². The Balaban J connectivity index is 1.59. The molecule has 0 radical (unpaired) electrons. The highest BCUT2D eigenvalue weighted by molar-refractivity contribution is 6.14. The molecule has 0 heterocycles. The van der Waals surface area contributed by atoms with Gasteiger partial charge in [-0.3, -0.25) is 14.4 Å². The van der Waals surface area contributed by atoms with Crippen LogP contribution in [0.4, 0.5) is 5.69 Å². The second-order valence-electron chi connectivity index (χ2n) is 7.45. The minimum atomic E-state index is -0.893. The van der Waals surface area contributed by atoms with E-state index in [0.717, 1.165) is 19.3 Å². The number of aliphatic carboxylic acids is 1. The first kappa shape index (κ1) is 17.5. The predicted octanol–water partition coefficient (Wildman–Crippen LogP) is 3.60. The maximum atomic E-state index is 12.9. The molecule has 0 unspecified atom stereocenters. The summed E-state index contributed by atoms with van der Waals surface area (Å²) in [6, 6.07) is 15.8. The lowest BCUT2D eigenvalue weighted by Crippen LogP contribution is -2.38. The molecule has 2 aliphatic carbocycles. The molecule has 2 aliphatic rings. The highest BCUT2D eigenvalue weighted by Crippen LogP contribution is 2.52. The van der Waals surface area contributed by atoms with Crippen molar-refractivity contribution in [2.75, 3.05) is 5.32 Å². The van der Waals surface area contributed by atoms with E-state index in [1.54, 1.807) is 48.5 Å². The summed E-state index contributed by atoms with van der Waals surface area (Å²) in [5.74, 6) is -2.30. The predicted molar refractivity (Wildman–Crippen MR) is 100 cm³/mol. The van der Waals surface area contributed by atoms with Gasteiger partial charge in [0, 0.05) is 11.1 Å². The van der Waals surface area contributed by atoms with E-state index in [1.165, 1.54) is 0 Å². The molecule has 0 spiro atoms. The standard InChI is InChI=1S/C22H21NO4/c24-20(13-6-2-1-3-7-13)16-8-4-5-9-17(16)23-21(25)18-14-10-11-15(12-14)19(18)22(26)27/h1-9,14-15,18-19H,10-12H2,(H,23,25)(H,26,27)/t14-,15-,18-,19+/m0/s1. The number of hydrogen-bond donors (Lipinski definition) is 2. The van der Waals surface area contributed by atoms with Crippen molar-refractivity contribution >= 4 is 23.3 Å². The van der Waals surface area contributed by atoms with Crippen LogP contribution in [0.1, 0.15) is 35.2 Å². The second kappa shape index (κ2) is 6.99. The van der Waals surface area contributed by atoms with E-state index in [9.17, 15) is 19.5 Å². The zero-order valence-electron chi connectivity index (χ0n) is 14.8. The third kappa shape index (κ3) is 3.14. The zero-order valence-corrected chi connectivity index (χ0v) is 14.8. The number of fused-ring (bicyclic) bond motifs is 2. The minimum absolute atomic E-state index is 0.0874. The summed E-state index contributed by atoms with van der Waals surface area (Å²) in [7, 11) is 0. The molecule has 2 bridgehead atoms. The summed E-state index contributed by atoms with van der Waals surface area (Å²) < 4.78 is 0. The molecule has 4 rings (SSSR count). The molecular formula is C22H21NO4. The van der Waals surface area contributed by atoms with Crippen molar-refractivity contribution < 1.29 is 19.5 Å². The smallest absolute Gasteiger partial charge is 0.307 e. The van der Waals surface area contributed by atoms with Gasteiger partial charge in [0.05, 0.1) is 17.5 Å². The van der Waals surface area contributed by atoms with Crippen molar-refractivity contribution in [2.45, 2.75) is 19.3 Å². The van der Waals surface area contributed by atoms with Crippen LogP contribution in [0.2, 0.25) is 0 Å². The van der Waals surface area contributed by atoms with Crippen LogP contribution in [0.15, 0.2) is 54.6 Å². The highest BCUT2D eigenvalue weighted by Gasteiger charge is 2.54. The Labute approximate surface area is 157 Å². The van der Waals surface area contributed by atoms with Gasteiger partial charge in [-0.2, -0.15) is 0 Å². The van der Waals surface area contributed by atoms with E-state index >= 15 is 0 Å². The Hall–Kier alpha value is -2.95. The number of carboxylic acid groups (broad SMARTS) is 1. The monoisotopic (exact) mass is 363 g/mol. The number of amides is 1. The largest absolute Gasteiger partial charge is 0.481 e. The van der Waals surface area contributed by atoms with E-state index in [0.29, 0.717) is 16.8 Å². The van der Waals surface area contributed by atoms with Crippen LogP contribution in [0.25, 0.3) is 0 Å². The van der Waals surface area contributed by atoms with E-state index in [4.69, 9.17) is 0 Å². The van der Waals surface area contributed by atoms with E-state index in [-0.39, 0.29) is 23.5 Å². The van der Waals surface area contributed by atoms with Crippen LogP contribution >= 0.6 is 0 Å². The average molecular weight is 363 g/mol. The summed E-state index contributed by atoms with van der Waals surface area (Å²) in [6.45, 7) is 0. The molecule has 2 fully saturated rings. The van der Waals surface area contributed by atoms with Gasteiger partial charge in [-0.1, -0.05) is 42.5 Å². The summed E-state index contributed by atoms with van der Waals surface area (Å²) in [5, 5.41) is 12.4. The Bertz CT molecular complexity index is 892. The lowest BCUT2D eigenvalue weighted by atomic mass is 9.78. The van der Waals surface area contributed by atoms with E-state index in [2.05, 4.69) is 5.32 Å². The van der Waals surface area contributed by atoms with Crippen molar-refractivity contribution in [1.82, 2.24) is 0 Å². The van der Waals surface area contributed by atoms with Crippen molar-refractivity contribution in [3.63, 3.8) is 0 Å². The first-order valence-electron chi connectivity index (χ1n) is 9.28. The molecule has 4 atom stereocenters. The van der Waals surface area contributed by atoms with Gasteiger partial charge in [0.25, 0.3) is 0 Å². The molecule has 2 N–H and O–H groups in total. The number of carboxylic acids is 1. The van der Waals surface area contributed by atoms with Gasteiger partial charge < -0.3 is 10.4 Å². The number of carbonyl (C=O) groups is 3. The number of nitrogens with one attached hydrogen (secondary N) is 1. The Morgan fingerprint density at radius 2 is 1.48 bits per heavy atom. The summed E-state index contributed by atoms with van der Waals surface area (Å²) in [4.78, 5) is 37.5. The average Bonchev–Trinajstić information content (AvgIpc) is 3.30. The Morgan fingerprint density at radius 1 is 0.852 bits per heavy atom. The fraction of sp³-hybridized carbons (Fsp3) is 0.318. The summed E-state index contributed by atoms with van der Waals surface area (Å²) in [5.41, 5.74) is 1.39. The fourth-order valence-electron chi connectivity index (χ4n) is 4.78. The minimum Gasteiger partial charge on any atom is -0.481 e. The highest BCUT2D eigenvalue weighted by atomic mass is 16.4. The fourth-order valence-corrected chi connectivity index (χ4v) is 4.78. The van der Waals surface area contributed by atoms with Gasteiger partial charge in [0.1, 0.15) is 0 Å². The number of hydrogen-bond acceptors (Lipinski definition) is 3. The lowest BCUT2D eigenvalue weighted by molar-refractivity contribution is -0.148. The third-order valence-corrected chi connectivity index (χ3v) is 5.97. The number of ketones is 1. The molecule has 27 heavy (non-hydrogen) atoms. The molecule has 0 saturated heterocycles. The van der Waals surface area contributed by atoms with Gasteiger partial charge in [-0.05, 0) is 43.2 Å². The Morgan fingerprint density at radius 3 is 2.19 bits per heavy atom. The number of benzene rings is 2. The van der Waals surface area contributed by atoms with Crippen LogP contribution in [-0.4, -0.2) is 22.8 Å². The van der Waals surface area contributed by atoms with Crippen molar-refractivity contribution in [3.8, 4) is 0 Å². The topological polar surface area (TPSA) is 83.5 Å². The number of para-hydroxylation sites is 1. The molecule has 138 valence electrons. The van der Waals surface area contributed by atoms with Crippen LogP contribution in [0.5, 0.6) is 0 Å².